The molecule has 8 nitrogen and oxygen atoms in total. The van der Waals surface area contributed by atoms with Gasteiger partial charge in [-0.25, -0.2) is 0 Å². The molecule has 0 spiro atoms. The number of aryl methyl sites for hydroxylation is 1. The van der Waals surface area contributed by atoms with E-state index in [2.05, 4.69) is 0 Å². The largest absolute Gasteiger partial charge is 0.369 e. The van der Waals surface area contributed by atoms with E-state index < -0.39 is 0 Å². The van der Waals surface area contributed by atoms with Crippen molar-refractivity contribution in [1.29, 1.82) is 0 Å². The van der Waals surface area contributed by atoms with Crippen molar-refractivity contribution in [2.45, 2.75) is 39.0 Å². The molecule has 8 heteroatoms. The third-order valence-corrected chi connectivity index (χ3v) is 7.18. The molecule has 3 saturated heterocycles. The number of amides is 4. The van der Waals surface area contributed by atoms with Crippen LogP contribution < -0.4 is 10.6 Å². The number of anilines is 1. The number of carbonyl (C=O) groups is 4. The van der Waals surface area contributed by atoms with E-state index >= 15 is 0 Å². The molecular formula is C24H32N4O4. The summed E-state index contributed by atoms with van der Waals surface area (Å²) in [6.07, 6.45) is 2.78. The van der Waals surface area contributed by atoms with Crippen LogP contribution in [0.4, 0.5) is 5.69 Å². The predicted molar refractivity (Wildman–Crippen MR) is 119 cm³/mol. The minimum Gasteiger partial charge on any atom is -0.369 e. The van der Waals surface area contributed by atoms with Gasteiger partial charge in [-0.3, -0.25) is 19.2 Å². The van der Waals surface area contributed by atoms with Crippen LogP contribution in [0.1, 0.15) is 37.7 Å². The highest BCUT2D eigenvalue weighted by Crippen LogP contribution is 2.29. The third kappa shape index (κ3) is 4.64. The fourth-order valence-electron chi connectivity index (χ4n) is 5.09. The van der Waals surface area contributed by atoms with Gasteiger partial charge in [0.1, 0.15) is 0 Å². The number of primary amides is 1. The Labute approximate surface area is 188 Å². The number of hydrogen-bond acceptors (Lipinski definition) is 4. The summed E-state index contributed by atoms with van der Waals surface area (Å²) < 4.78 is 0. The average Bonchev–Trinajstić information content (AvgIpc) is 3.20. The van der Waals surface area contributed by atoms with E-state index in [-0.39, 0.29) is 47.8 Å². The minimum absolute atomic E-state index is 0.0149. The highest BCUT2D eigenvalue weighted by Gasteiger charge is 2.39. The van der Waals surface area contributed by atoms with Crippen molar-refractivity contribution in [2.75, 3.05) is 37.6 Å². The summed E-state index contributed by atoms with van der Waals surface area (Å²) in [7, 11) is 0. The zero-order chi connectivity index (χ0) is 22.8. The van der Waals surface area contributed by atoms with E-state index in [1.54, 1.807) is 4.90 Å². The van der Waals surface area contributed by atoms with Gasteiger partial charge in [0.15, 0.2) is 0 Å². The molecular weight excluding hydrogens is 408 g/mol. The van der Waals surface area contributed by atoms with Gasteiger partial charge >= 0.3 is 0 Å². The minimum atomic E-state index is -0.330. The summed E-state index contributed by atoms with van der Waals surface area (Å²) in [5, 5.41) is 0. The first kappa shape index (κ1) is 22.3. The Bertz CT molecular complexity index is 884. The molecule has 2 N–H and O–H groups in total. The van der Waals surface area contributed by atoms with Gasteiger partial charge in [-0.2, -0.15) is 0 Å². The summed E-state index contributed by atoms with van der Waals surface area (Å²) in [5.74, 6) is -0.705. The fourth-order valence-corrected chi connectivity index (χ4v) is 5.09. The highest BCUT2D eigenvalue weighted by molar-refractivity contribution is 6.00. The number of piperidine rings is 2. The molecule has 32 heavy (non-hydrogen) atoms. The second kappa shape index (κ2) is 9.30. The molecule has 3 fully saturated rings. The van der Waals surface area contributed by atoms with E-state index in [0.717, 1.165) is 11.3 Å². The van der Waals surface area contributed by atoms with Gasteiger partial charge in [0.2, 0.25) is 23.6 Å². The molecule has 0 aliphatic carbocycles. The van der Waals surface area contributed by atoms with E-state index in [1.807, 2.05) is 41.0 Å². The molecule has 172 valence electrons. The Hall–Kier alpha value is -2.90. The number of likely N-dealkylation sites (tertiary alicyclic amines) is 2. The van der Waals surface area contributed by atoms with Crippen molar-refractivity contribution in [3.05, 3.63) is 29.8 Å². The maximum absolute atomic E-state index is 13.1. The second-order valence-electron chi connectivity index (χ2n) is 9.34. The molecule has 1 aromatic carbocycles. The van der Waals surface area contributed by atoms with Crippen LogP contribution in [0.25, 0.3) is 0 Å². The van der Waals surface area contributed by atoms with E-state index in [1.165, 1.54) is 0 Å². The van der Waals surface area contributed by atoms with Crippen LogP contribution in [0.5, 0.6) is 0 Å². The van der Waals surface area contributed by atoms with Crippen LogP contribution >= 0.6 is 0 Å². The Morgan fingerprint density at radius 3 is 1.84 bits per heavy atom. The maximum Gasteiger partial charge on any atom is 0.228 e. The van der Waals surface area contributed by atoms with Gasteiger partial charge in [-0.15, -0.1) is 0 Å². The van der Waals surface area contributed by atoms with Gasteiger partial charge in [0, 0.05) is 56.7 Å². The topological polar surface area (TPSA) is 104 Å². The quantitative estimate of drug-likeness (QED) is 0.762. The van der Waals surface area contributed by atoms with E-state index in [0.29, 0.717) is 58.4 Å². The lowest BCUT2D eigenvalue weighted by atomic mass is 9.91. The van der Waals surface area contributed by atoms with Crippen molar-refractivity contribution in [3.8, 4) is 0 Å². The SMILES string of the molecule is Cc1ccc(N2CC(C(=O)N3CCC(C(=O)N4CCC(C(N)=O)CC4)CC3)CC2=O)cc1. The monoisotopic (exact) mass is 440 g/mol. The molecule has 0 bridgehead atoms. The zero-order valence-corrected chi connectivity index (χ0v) is 18.7. The summed E-state index contributed by atoms with van der Waals surface area (Å²) in [6, 6.07) is 7.78. The van der Waals surface area contributed by atoms with Crippen LogP contribution in [0.2, 0.25) is 0 Å². The summed E-state index contributed by atoms with van der Waals surface area (Å²) >= 11 is 0. The molecule has 0 aromatic heterocycles. The molecule has 0 radical (unpaired) electrons. The molecule has 4 rings (SSSR count). The first-order chi connectivity index (χ1) is 15.3. The molecule has 1 unspecified atom stereocenters. The van der Waals surface area contributed by atoms with Crippen LogP contribution in [0, 0.1) is 24.7 Å². The Morgan fingerprint density at radius 2 is 1.31 bits per heavy atom. The number of benzene rings is 1. The van der Waals surface area contributed by atoms with Gasteiger partial charge in [-0.05, 0) is 44.7 Å². The van der Waals surface area contributed by atoms with Gasteiger partial charge in [0.25, 0.3) is 0 Å². The summed E-state index contributed by atoms with van der Waals surface area (Å²) in [5.41, 5.74) is 7.34. The number of rotatable bonds is 4. The number of nitrogens with zero attached hydrogens (tertiary/aromatic N) is 3. The molecule has 3 heterocycles. The van der Waals surface area contributed by atoms with Crippen LogP contribution in [0.3, 0.4) is 0 Å². The lowest BCUT2D eigenvalue weighted by Gasteiger charge is -2.37. The van der Waals surface area contributed by atoms with Crippen molar-refractivity contribution in [3.63, 3.8) is 0 Å². The summed E-state index contributed by atoms with van der Waals surface area (Å²) in [4.78, 5) is 55.2. The molecule has 1 aromatic rings. The van der Waals surface area contributed by atoms with Crippen LogP contribution in [-0.2, 0) is 19.2 Å². The molecule has 1 atom stereocenters. The first-order valence-corrected chi connectivity index (χ1v) is 11.6. The third-order valence-electron chi connectivity index (χ3n) is 7.18. The molecule has 0 saturated carbocycles. The van der Waals surface area contributed by atoms with Crippen molar-refractivity contribution >= 4 is 29.3 Å². The molecule has 3 aliphatic rings. The first-order valence-electron chi connectivity index (χ1n) is 11.6. The van der Waals surface area contributed by atoms with Crippen molar-refractivity contribution in [1.82, 2.24) is 9.80 Å². The van der Waals surface area contributed by atoms with E-state index in [9.17, 15) is 19.2 Å². The number of hydrogen-bond donors (Lipinski definition) is 1. The van der Waals surface area contributed by atoms with Gasteiger partial charge in [-0.1, -0.05) is 17.7 Å². The second-order valence-corrected chi connectivity index (χ2v) is 9.34. The number of carbonyl (C=O) groups excluding carboxylic acids is 4. The standard InChI is InChI=1S/C24H32N4O4/c1-16-2-4-20(5-3-16)28-15-19(14-21(28)29)24(32)27-12-8-18(9-13-27)23(31)26-10-6-17(7-11-26)22(25)30/h2-5,17-19H,6-15H2,1H3,(H2,25,30). The fraction of sp³-hybridized carbons (Fsp3) is 0.583. The zero-order valence-electron chi connectivity index (χ0n) is 18.7. The molecule has 4 amide bonds. The Kier molecular flexibility index (Phi) is 6.48. The maximum atomic E-state index is 13.1. The average molecular weight is 441 g/mol. The van der Waals surface area contributed by atoms with Crippen molar-refractivity contribution < 1.29 is 19.2 Å². The smallest absolute Gasteiger partial charge is 0.228 e. The Balaban J connectivity index is 1.27. The highest BCUT2D eigenvalue weighted by atomic mass is 16.2. The predicted octanol–water partition coefficient (Wildman–Crippen LogP) is 1.31. The van der Waals surface area contributed by atoms with Crippen LogP contribution in [-0.4, -0.2) is 66.2 Å². The van der Waals surface area contributed by atoms with Gasteiger partial charge in [0.05, 0.1) is 5.92 Å². The van der Waals surface area contributed by atoms with Crippen LogP contribution in [0.15, 0.2) is 24.3 Å². The van der Waals surface area contributed by atoms with E-state index in [4.69, 9.17) is 5.73 Å². The number of nitrogens with two attached hydrogens (primary N) is 1. The molecule has 3 aliphatic heterocycles. The normalized spacial score (nSPS) is 23.0. The lowest BCUT2D eigenvalue weighted by Crippen LogP contribution is -2.48. The van der Waals surface area contributed by atoms with Gasteiger partial charge < -0.3 is 20.4 Å². The Morgan fingerprint density at radius 1 is 0.812 bits per heavy atom. The summed E-state index contributed by atoms with van der Waals surface area (Å²) in [6.45, 7) is 4.65. The lowest BCUT2D eigenvalue weighted by molar-refractivity contribution is -0.143. The van der Waals surface area contributed by atoms with Crippen molar-refractivity contribution in [2.24, 2.45) is 23.5 Å².